The molecule has 0 radical (unpaired) electrons. The zero-order valence-corrected chi connectivity index (χ0v) is 14.7. The van der Waals surface area contributed by atoms with Gasteiger partial charge >= 0.3 is 12.1 Å². The Bertz CT molecular complexity index is 724. The molecule has 0 aromatic heterocycles. The third kappa shape index (κ3) is 7.42. The first-order valence-electron chi connectivity index (χ1n) is 7.63. The van der Waals surface area contributed by atoms with Gasteiger partial charge < -0.3 is 9.47 Å². The lowest BCUT2D eigenvalue weighted by Gasteiger charge is -2.20. The molecular formula is C18H20F3NO4. The second-order valence-corrected chi connectivity index (χ2v) is 6.25. The molecule has 0 fully saturated rings. The minimum Gasteiger partial charge on any atom is -0.458 e. The van der Waals surface area contributed by atoms with Gasteiger partial charge in [-0.3, -0.25) is 5.32 Å². The van der Waals surface area contributed by atoms with Crippen LogP contribution in [0.5, 0.6) is 0 Å². The first kappa shape index (κ1) is 21.3. The summed E-state index contributed by atoms with van der Waals surface area (Å²) < 4.78 is 50.0. The Labute approximate surface area is 149 Å². The quantitative estimate of drug-likeness (QED) is 0.358. The van der Waals surface area contributed by atoms with Crippen molar-refractivity contribution in [3.05, 3.63) is 59.6 Å². The molecule has 1 aromatic carbocycles. The van der Waals surface area contributed by atoms with Crippen molar-refractivity contribution < 1.29 is 32.2 Å². The molecule has 0 atom stereocenters. The molecule has 0 saturated carbocycles. The van der Waals surface area contributed by atoms with E-state index in [1.54, 1.807) is 20.8 Å². The average Bonchev–Trinajstić information content (AvgIpc) is 2.48. The third-order valence-corrected chi connectivity index (χ3v) is 2.77. The molecule has 0 aliphatic rings. The fourth-order valence-electron chi connectivity index (χ4n) is 1.80. The Morgan fingerprint density at radius 2 is 1.77 bits per heavy atom. The lowest BCUT2D eigenvalue weighted by Crippen LogP contribution is -2.33. The van der Waals surface area contributed by atoms with E-state index in [0.717, 1.165) is 6.08 Å². The van der Waals surface area contributed by atoms with Gasteiger partial charge in [0.1, 0.15) is 18.0 Å². The summed E-state index contributed by atoms with van der Waals surface area (Å²) in [4.78, 5) is 23.6. The maximum Gasteiger partial charge on any atom is 0.411 e. The normalized spacial score (nSPS) is 11.7. The van der Waals surface area contributed by atoms with Crippen LogP contribution in [0.15, 0.2) is 36.6 Å². The molecule has 0 spiro atoms. The third-order valence-electron chi connectivity index (χ3n) is 2.77. The fourth-order valence-corrected chi connectivity index (χ4v) is 1.80. The Balaban J connectivity index is 3.06. The highest BCUT2D eigenvalue weighted by atomic mass is 19.2. The van der Waals surface area contributed by atoms with Crippen LogP contribution in [0.3, 0.4) is 0 Å². The molecule has 26 heavy (non-hydrogen) atoms. The van der Waals surface area contributed by atoms with Crippen LogP contribution < -0.4 is 5.32 Å². The van der Waals surface area contributed by atoms with Crippen molar-refractivity contribution in [3.8, 4) is 0 Å². The van der Waals surface area contributed by atoms with Crippen molar-refractivity contribution in [3.63, 3.8) is 0 Å². The summed E-state index contributed by atoms with van der Waals surface area (Å²) in [6, 6.07) is 1.02. The largest absolute Gasteiger partial charge is 0.458 e. The first-order chi connectivity index (χ1) is 12.0. The predicted molar refractivity (Wildman–Crippen MR) is 88.6 cm³/mol. The molecule has 0 heterocycles. The lowest BCUT2D eigenvalue weighted by molar-refractivity contribution is -0.136. The van der Waals surface area contributed by atoms with Crippen LogP contribution in [0.2, 0.25) is 0 Å². The minimum absolute atomic E-state index is 0.0748. The molecule has 0 unspecified atom stereocenters. The van der Waals surface area contributed by atoms with Crippen LogP contribution in [-0.2, 0) is 20.7 Å². The lowest BCUT2D eigenvalue weighted by atomic mass is 10.1. The molecule has 1 aromatic rings. The number of ether oxygens (including phenoxy) is 2. The van der Waals surface area contributed by atoms with E-state index in [0.29, 0.717) is 12.1 Å². The summed E-state index contributed by atoms with van der Waals surface area (Å²) in [5, 5.41) is 2.28. The van der Waals surface area contributed by atoms with Crippen molar-refractivity contribution in [2.24, 2.45) is 0 Å². The monoisotopic (exact) mass is 371 g/mol. The number of nitrogens with one attached hydrogen (secondary N) is 1. The van der Waals surface area contributed by atoms with Crippen LogP contribution in [0.1, 0.15) is 26.3 Å². The molecule has 142 valence electrons. The van der Waals surface area contributed by atoms with Gasteiger partial charge in [0.05, 0.1) is 0 Å². The summed E-state index contributed by atoms with van der Waals surface area (Å²) in [5.41, 5.74) is -1.19. The standard InChI is InChI=1S/C18H20F3NO4/c1-5-6-25-16(23)9-12(22-17(24)26-18(2,3)4)7-11-8-14(20)15(21)10-13(11)19/h5,8-10H,1,6-7H2,2-4H3,(H,22,24)/b12-9-. The Hall–Kier alpha value is -2.77. The number of allylic oxidation sites excluding steroid dienone is 1. The summed E-state index contributed by atoms with van der Waals surface area (Å²) >= 11 is 0. The van der Waals surface area contributed by atoms with Crippen molar-refractivity contribution in [1.29, 1.82) is 0 Å². The van der Waals surface area contributed by atoms with Crippen LogP contribution in [0, 0.1) is 17.5 Å². The van der Waals surface area contributed by atoms with Crippen molar-refractivity contribution in [1.82, 2.24) is 5.32 Å². The Kier molecular flexibility index (Phi) is 7.42. The van der Waals surface area contributed by atoms with E-state index in [1.165, 1.54) is 6.08 Å². The maximum absolute atomic E-state index is 13.8. The fraction of sp³-hybridized carbons (Fsp3) is 0.333. The molecule has 0 saturated heterocycles. The van der Waals surface area contributed by atoms with Gasteiger partial charge in [0.15, 0.2) is 11.6 Å². The topological polar surface area (TPSA) is 64.6 Å². The van der Waals surface area contributed by atoms with E-state index in [-0.39, 0.29) is 17.9 Å². The summed E-state index contributed by atoms with van der Waals surface area (Å²) in [7, 11) is 0. The smallest absolute Gasteiger partial charge is 0.411 e. The highest BCUT2D eigenvalue weighted by Crippen LogP contribution is 2.17. The van der Waals surface area contributed by atoms with Gasteiger partial charge in [-0.05, 0) is 32.4 Å². The first-order valence-corrected chi connectivity index (χ1v) is 7.63. The van der Waals surface area contributed by atoms with Gasteiger partial charge in [-0.1, -0.05) is 12.7 Å². The van der Waals surface area contributed by atoms with Crippen molar-refractivity contribution >= 4 is 12.1 Å². The number of benzene rings is 1. The SMILES string of the molecule is C=CCOC(=O)/C=C(/Cc1cc(F)c(F)cc1F)NC(=O)OC(C)(C)C. The molecule has 0 aliphatic carbocycles. The van der Waals surface area contributed by atoms with Crippen LogP contribution >= 0.6 is 0 Å². The van der Waals surface area contributed by atoms with E-state index in [1.807, 2.05) is 0 Å². The number of hydrogen-bond donors (Lipinski definition) is 1. The maximum atomic E-state index is 13.8. The Morgan fingerprint density at radius 1 is 1.15 bits per heavy atom. The van der Waals surface area contributed by atoms with Gasteiger partial charge in [0.2, 0.25) is 0 Å². The van der Waals surface area contributed by atoms with E-state index in [4.69, 9.17) is 9.47 Å². The summed E-state index contributed by atoms with van der Waals surface area (Å²) in [5.74, 6) is -4.46. The number of amides is 1. The van der Waals surface area contributed by atoms with Gasteiger partial charge in [0, 0.05) is 24.3 Å². The molecule has 0 bridgehead atoms. The van der Waals surface area contributed by atoms with Gasteiger partial charge in [0.25, 0.3) is 0 Å². The number of rotatable bonds is 6. The molecule has 1 N–H and O–H groups in total. The summed E-state index contributed by atoms with van der Waals surface area (Å²) in [6.45, 7) is 8.19. The van der Waals surface area contributed by atoms with Crippen molar-refractivity contribution in [2.45, 2.75) is 32.8 Å². The van der Waals surface area contributed by atoms with Crippen LogP contribution in [-0.4, -0.2) is 24.3 Å². The molecule has 8 heteroatoms. The number of carbonyl (C=O) groups is 2. The molecular weight excluding hydrogens is 351 g/mol. The second kappa shape index (κ2) is 9.07. The molecule has 5 nitrogen and oxygen atoms in total. The minimum atomic E-state index is -1.35. The molecule has 1 rings (SSSR count). The van der Waals surface area contributed by atoms with Gasteiger partial charge in [-0.2, -0.15) is 0 Å². The van der Waals surface area contributed by atoms with Crippen LogP contribution in [0.4, 0.5) is 18.0 Å². The van der Waals surface area contributed by atoms with Crippen molar-refractivity contribution in [2.75, 3.05) is 6.61 Å². The van der Waals surface area contributed by atoms with Gasteiger partial charge in [-0.25, -0.2) is 22.8 Å². The number of hydrogen-bond acceptors (Lipinski definition) is 4. The second-order valence-electron chi connectivity index (χ2n) is 6.25. The van der Waals surface area contributed by atoms with E-state index >= 15 is 0 Å². The van der Waals surface area contributed by atoms with Gasteiger partial charge in [-0.15, -0.1) is 0 Å². The van der Waals surface area contributed by atoms with E-state index < -0.39 is 41.5 Å². The van der Waals surface area contributed by atoms with E-state index in [2.05, 4.69) is 11.9 Å². The number of esters is 1. The number of carbonyl (C=O) groups excluding carboxylic acids is 2. The van der Waals surface area contributed by atoms with E-state index in [9.17, 15) is 22.8 Å². The predicted octanol–water partition coefficient (Wildman–Crippen LogP) is 3.78. The average molecular weight is 371 g/mol. The highest BCUT2D eigenvalue weighted by molar-refractivity contribution is 5.84. The van der Waals surface area contributed by atoms with Crippen LogP contribution in [0.25, 0.3) is 0 Å². The molecule has 0 aliphatic heterocycles. The zero-order chi connectivity index (χ0) is 19.9. The number of alkyl carbamates (subject to hydrolysis) is 1. The molecule has 1 amide bonds. The summed E-state index contributed by atoms with van der Waals surface area (Å²) in [6.07, 6.45) is 0.935. The Morgan fingerprint density at radius 3 is 2.35 bits per heavy atom. The highest BCUT2D eigenvalue weighted by Gasteiger charge is 2.19. The zero-order valence-electron chi connectivity index (χ0n) is 14.7. The number of halogens is 3.